The molecule has 0 spiro atoms. The van der Waals surface area contributed by atoms with Crippen molar-refractivity contribution in [3.05, 3.63) is 139 Å². The van der Waals surface area contributed by atoms with Gasteiger partial charge in [0.2, 0.25) is 0 Å². The number of ketones is 1. The van der Waals surface area contributed by atoms with E-state index in [0.29, 0.717) is 60.8 Å². The standard InChI is InChI=1S/C50H65N4O10P/c1-32(2)54(33(3)4)65(62-26-14-25-51-35(6)46-41(55)28-49(7,8)29-42(46)56)64-43-27-45(53-30-34(5)47(57)52-48(53)58)63-44(43)31-61-50(36-15-12-11-13-16-36,37-17-21-39(59-9)22-18-37)38-19-23-40(60-10)24-20-38/h11-13,15-24,30,32-33,43-45,55H,14,25-29,31H2,1-10H3,(H,52,57,58)/t43-,44+,45+,65?/m0/s1. The number of carbonyl (C=O) groups is 1. The van der Waals surface area contributed by atoms with Gasteiger partial charge in [0.1, 0.15) is 35.2 Å². The topological polar surface area (TPSA) is 163 Å². The molecule has 1 saturated heterocycles. The molecule has 4 aromatic rings. The molecule has 6 rings (SSSR count). The third-order valence-corrected chi connectivity index (χ3v) is 14.0. The van der Waals surface area contributed by atoms with E-state index in [0.717, 1.165) is 16.7 Å². The van der Waals surface area contributed by atoms with Gasteiger partial charge in [-0.1, -0.05) is 68.4 Å². The van der Waals surface area contributed by atoms with Crippen LogP contribution in [0, 0.1) is 12.3 Å². The smallest absolute Gasteiger partial charge is 0.330 e. The van der Waals surface area contributed by atoms with E-state index >= 15 is 0 Å². The lowest BCUT2D eigenvalue weighted by atomic mass is 9.76. The molecule has 1 aliphatic heterocycles. The normalized spacial score (nSPS) is 19.7. The lowest BCUT2D eigenvalue weighted by molar-refractivity contribution is -0.117. The summed E-state index contributed by atoms with van der Waals surface area (Å²) in [6.45, 7) is 16.4. The van der Waals surface area contributed by atoms with Gasteiger partial charge >= 0.3 is 5.69 Å². The third kappa shape index (κ3) is 11.5. The second-order valence-electron chi connectivity index (χ2n) is 18.0. The molecule has 15 heteroatoms. The summed E-state index contributed by atoms with van der Waals surface area (Å²) in [5.74, 6) is 1.38. The molecule has 1 unspecified atom stereocenters. The van der Waals surface area contributed by atoms with Crippen LogP contribution in [0.25, 0.3) is 0 Å². The summed E-state index contributed by atoms with van der Waals surface area (Å²) in [5.41, 5.74) is 1.24. The molecule has 65 heavy (non-hydrogen) atoms. The second-order valence-corrected chi connectivity index (χ2v) is 19.4. The van der Waals surface area contributed by atoms with E-state index in [2.05, 4.69) is 42.3 Å². The monoisotopic (exact) mass is 912 g/mol. The first kappa shape index (κ1) is 49.5. The van der Waals surface area contributed by atoms with Gasteiger partial charge in [-0.2, -0.15) is 0 Å². The van der Waals surface area contributed by atoms with Gasteiger partial charge in [0.25, 0.3) is 14.1 Å². The maximum absolute atomic E-state index is 13.4. The number of aromatic nitrogens is 2. The van der Waals surface area contributed by atoms with Crippen LogP contribution in [0.2, 0.25) is 0 Å². The number of methoxy groups -OCH3 is 2. The molecule has 2 aliphatic rings. The molecule has 1 fully saturated rings. The number of nitrogens with one attached hydrogen (secondary N) is 1. The van der Waals surface area contributed by atoms with Crippen molar-refractivity contribution in [3.63, 3.8) is 0 Å². The lowest BCUT2D eigenvalue weighted by Crippen LogP contribution is -2.39. The van der Waals surface area contributed by atoms with Crippen LogP contribution in [-0.4, -0.2) is 89.1 Å². The number of nitrogens with zero attached hydrogens (tertiary/aromatic N) is 3. The van der Waals surface area contributed by atoms with Crippen molar-refractivity contribution >= 4 is 20.0 Å². The Hall–Kier alpha value is -4.95. The summed E-state index contributed by atoms with van der Waals surface area (Å²) in [4.78, 5) is 45.9. The Morgan fingerprint density at radius 1 is 0.923 bits per heavy atom. The third-order valence-electron chi connectivity index (χ3n) is 11.8. The van der Waals surface area contributed by atoms with Gasteiger partial charge in [-0.05, 0) is 94.3 Å². The minimum atomic E-state index is -1.73. The molecule has 0 amide bonds. The number of carbonyl (C=O) groups excluding carboxylic acids is 1. The highest BCUT2D eigenvalue weighted by Gasteiger charge is 2.45. The molecule has 0 bridgehead atoms. The lowest BCUT2D eigenvalue weighted by Gasteiger charge is -2.39. The van der Waals surface area contributed by atoms with Crippen molar-refractivity contribution in [1.82, 2.24) is 14.2 Å². The highest BCUT2D eigenvalue weighted by atomic mass is 31.2. The quantitative estimate of drug-likeness (QED) is 0.0377. The van der Waals surface area contributed by atoms with Crippen LogP contribution in [0.5, 0.6) is 11.5 Å². The van der Waals surface area contributed by atoms with E-state index in [1.807, 2.05) is 92.7 Å². The van der Waals surface area contributed by atoms with Crippen LogP contribution in [-0.2, 0) is 28.9 Å². The van der Waals surface area contributed by atoms with Crippen LogP contribution in [0.4, 0.5) is 0 Å². The van der Waals surface area contributed by atoms with Gasteiger partial charge in [0, 0.05) is 55.4 Å². The van der Waals surface area contributed by atoms with Crippen LogP contribution in [0.3, 0.4) is 0 Å². The van der Waals surface area contributed by atoms with Crippen LogP contribution >= 0.6 is 8.53 Å². The zero-order valence-electron chi connectivity index (χ0n) is 39.3. The number of hydrogen-bond donors (Lipinski definition) is 2. The SMILES string of the molecule is COc1ccc(C(OC[C@H]2O[C@@H](n3cc(C)c(=O)[nH]c3=O)C[C@@H]2OP(OCCCN=C(C)C2=C(O)CC(C)(C)CC2=O)N(C(C)C)C(C)C)(c2ccccc2)c2ccc(OC)cc2)cc1. The van der Waals surface area contributed by atoms with Crippen molar-refractivity contribution < 1.29 is 37.9 Å². The van der Waals surface area contributed by atoms with E-state index < -0.39 is 43.8 Å². The fourth-order valence-electron chi connectivity index (χ4n) is 8.69. The largest absolute Gasteiger partial charge is 0.511 e. The number of allylic oxidation sites excluding steroid dienone is 2. The Labute approximate surface area is 383 Å². The predicted molar refractivity (Wildman–Crippen MR) is 253 cm³/mol. The summed E-state index contributed by atoms with van der Waals surface area (Å²) < 4.78 is 42.6. The Morgan fingerprint density at radius 2 is 1.51 bits per heavy atom. The summed E-state index contributed by atoms with van der Waals surface area (Å²) in [7, 11) is 1.53. The maximum Gasteiger partial charge on any atom is 0.330 e. The number of H-pyrrole nitrogens is 1. The minimum absolute atomic E-state index is 0.0182. The van der Waals surface area contributed by atoms with E-state index in [9.17, 15) is 19.5 Å². The van der Waals surface area contributed by atoms with Crippen LogP contribution in [0.1, 0.15) is 103 Å². The Balaban J connectivity index is 1.34. The number of aryl methyl sites for hydroxylation is 1. The number of ether oxygens (including phenoxy) is 4. The molecule has 2 N–H and O–H groups in total. The first-order chi connectivity index (χ1) is 31.0. The summed E-state index contributed by atoms with van der Waals surface area (Å²) >= 11 is 0. The number of aliphatic hydroxyl groups is 1. The highest BCUT2D eigenvalue weighted by molar-refractivity contribution is 7.44. The van der Waals surface area contributed by atoms with Gasteiger partial charge in [-0.3, -0.25) is 24.1 Å². The van der Waals surface area contributed by atoms with Crippen molar-refractivity contribution in [2.45, 2.75) is 117 Å². The molecule has 1 aromatic heterocycles. The minimum Gasteiger partial charge on any atom is -0.511 e. The fraction of sp³-hybridized carbons (Fsp3) is 0.480. The molecule has 3 aromatic carbocycles. The Bertz CT molecular complexity index is 2360. The van der Waals surface area contributed by atoms with Crippen LogP contribution < -0.4 is 20.7 Å². The average molecular weight is 913 g/mol. The number of hydrogen-bond acceptors (Lipinski definition) is 12. The summed E-state index contributed by atoms with van der Waals surface area (Å²) in [6.07, 6.45) is 0.921. The molecule has 2 heterocycles. The van der Waals surface area contributed by atoms with Gasteiger partial charge in [0.05, 0.1) is 39.1 Å². The van der Waals surface area contributed by atoms with Crippen molar-refractivity contribution in [3.8, 4) is 11.5 Å². The van der Waals surface area contributed by atoms with Crippen molar-refractivity contribution in [2.75, 3.05) is 34.0 Å². The fourth-order valence-corrected chi connectivity index (χ4v) is 10.5. The molecule has 350 valence electrons. The number of benzene rings is 3. The predicted octanol–water partition coefficient (Wildman–Crippen LogP) is 8.96. The number of aliphatic hydroxyl groups excluding tert-OH is 1. The van der Waals surface area contributed by atoms with E-state index in [1.165, 1.54) is 10.8 Å². The van der Waals surface area contributed by atoms with E-state index in [4.69, 9.17) is 28.0 Å². The summed E-state index contributed by atoms with van der Waals surface area (Å²) in [5, 5.41) is 10.7. The average Bonchev–Trinajstić information content (AvgIpc) is 3.66. The first-order valence-electron chi connectivity index (χ1n) is 22.3. The number of aromatic amines is 1. The molecule has 14 nitrogen and oxygen atoms in total. The molecule has 4 atom stereocenters. The van der Waals surface area contributed by atoms with Crippen LogP contribution in [0.15, 0.2) is 111 Å². The van der Waals surface area contributed by atoms with E-state index in [1.54, 1.807) is 28.1 Å². The number of rotatable bonds is 20. The van der Waals surface area contributed by atoms with E-state index in [-0.39, 0.29) is 42.1 Å². The molecular formula is C50H65N4O10P. The second kappa shape index (κ2) is 21.6. The molecule has 0 radical (unpaired) electrons. The van der Waals surface area contributed by atoms with Crippen molar-refractivity contribution in [1.29, 1.82) is 0 Å². The Morgan fingerprint density at radius 3 is 2.06 bits per heavy atom. The number of aliphatic imine (C=N–C) groups is 1. The van der Waals surface area contributed by atoms with Gasteiger partial charge < -0.3 is 33.1 Å². The van der Waals surface area contributed by atoms with Gasteiger partial charge in [0.15, 0.2) is 5.78 Å². The molecule has 1 aliphatic carbocycles. The first-order valence-corrected chi connectivity index (χ1v) is 23.4. The van der Waals surface area contributed by atoms with Gasteiger partial charge in [-0.25, -0.2) is 9.46 Å². The van der Waals surface area contributed by atoms with Gasteiger partial charge in [-0.15, -0.1) is 0 Å². The zero-order chi connectivity index (χ0) is 47.1. The highest BCUT2D eigenvalue weighted by Crippen LogP contribution is 2.51. The Kier molecular flexibility index (Phi) is 16.4. The maximum atomic E-state index is 13.4. The number of Topliss-reactive ketones (excluding diaryl/α,β-unsaturated/α-hetero) is 1. The molecule has 0 saturated carbocycles. The van der Waals surface area contributed by atoms with Crippen molar-refractivity contribution in [2.24, 2.45) is 10.4 Å². The molecular weight excluding hydrogens is 848 g/mol. The zero-order valence-corrected chi connectivity index (χ0v) is 40.2. The summed E-state index contributed by atoms with van der Waals surface area (Å²) in [6, 6.07) is 25.6.